The topological polar surface area (TPSA) is 35.2 Å². The van der Waals surface area contributed by atoms with Crippen LogP contribution in [0, 0.1) is 0 Å². The second kappa shape index (κ2) is 5.06. The van der Waals surface area contributed by atoms with Crippen LogP contribution in [-0.2, 0) is 6.42 Å². The number of hydrogen-bond acceptors (Lipinski definition) is 2. The number of benzene rings is 2. The Labute approximate surface area is 114 Å². The number of nitrogens with two attached hydrogens (primary N) is 1. The average molecular weight is 253 g/mol. The maximum absolute atomic E-state index is 6.49. The third kappa shape index (κ3) is 2.24. The number of hydrogen-bond donors (Lipinski definition) is 1. The van der Waals surface area contributed by atoms with E-state index >= 15 is 0 Å². The van der Waals surface area contributed by atoms with E-state index in [1.807, 2.05) is 6.07 Å². The molecule has 0 fully saturated rings. The highest BCUT2D eigenvalue weighted by Crippen LogP contribution is 2.40. The van der Waals surface area contributed by atoms with Crippen LogP contribution >= 0.6 is 0 Å². The van der Waals surface area contributed by atoms with Crippen LogP contribution in [0.2, 0.25) is 0 Å². The maximum atomic E-state index is 6.49. The first kappa shape index (κ1) is 12.2. The molecule has 0 saturated carbocycles. The smallest absolute Gasteiger partial charge is 0.119 e. The second-order valence-corrected chi connectivity index (χ2v) is 5.15. The average Bonchev–Trinajstić information content (AvgIpc) is 2.48. The first-order valence-corrected chi connectivity index (χ1v) is 6.77. The minimum absolute atomic E-state index is 0.0567. The Hall–Kier alpha value is -1.80. The predicted molar refractivity (Wildman–Crippen MR) is 77.4 cm³/mol. The van der Waals surface area contributed by atoms with E-state index in [2.05, 4.69) is 42.5 Å². The molecule has 19 heavy (non-hydrogen) atoms. The molecule has 0 aromatic heterocycles. The lowest BCUT2D eigenvalue weighted by Crippen LogP contribution is -2.25. The van der Waals surface area contributed by atoms with Gasteiger partial charge in [-0.2, -0.15) is 0 Å². The van der Waals surface area contributed by atoms with E-state index in [0.717, 1.165) is 18.6 Å². The Balaban J connectivity index is 1.97. The molecule has 2 heteroatoms. The van der Waals surface area contributed by atoms with Gasteiger partial charge in [0.2, 0.25) is 0 Å². The van der Waals surface area contributed by atoms with Gasteiger partial charge in [0, 0.05) is 12.0 Å². The normalized spacial score (nSPS) is 21.8. The number of ether oxygens (including phenoxy) is 1. The Kier molecular flexibility index (Phi) is 3.26. The van der Waals surface area contributed by atoms with Gasteiger partial charge in [0.05, 0.1) is 7.11 Å². The van der Waals surface area contributed by atoms with Gasteiger partial charge in [-0.25, -0.2) is 0 Å². The Bertz CT molecular complexity index is 565. The molecule has 2 atom stereocenters. The second-order valence-electron chi connectivity index (χ2n) is 5.15. The zero-order valence-corrected chi connectivity index (χ0v) is 11.2. The van der Waals surface area contributed by atoms with Crippen molar-refractivity contribution in [2.75, 3.05) is 7.11 Å². The first-order valence-electron chi connectivity index (χ1n) is 6.77. The molecular formula is C17H19NO. The molecule has 3 rings (SSSR count). The van der Waals surface area contributed by atoms with Crippen molar-refractivity contribution < 1.29 is 4.74 Å². The molecule has 2 unspecified atom stereocenters. The van der Waals surface area contributed by atoms with Gasteiger partial charge >= 0.3 is 0 Å². The summed E-state index contributed by atoms with van der Waals surface area (Å²) in [6.45, 7) is 0. The zero-order valence-electron chi connectivity index (χ0n) is 11.2. The van der Waals surface area contributed by atoms with E-state index in [9.17, 15) is 0 Å². The summed E-state index contributed by atoms with van der Waals surface area (Å²) in [5, 5.41) is 0. The summed E-state index contributed by atoms with van der Waals surface area (Å²) in [6, 6.07) is 16.9. The zero-order chi connectivity index (χ0) is 13.2. The molecular weight excluding hydrogens is 234 g/mol. The Morgan fingerprint density at radius 1 is 1.11 bits per heavy atom. The fourth-order valence-corrected chi connectivity index (χ4v) is 3.02. The van der Waals surface area contributed by atoms with E-state index in [1.165, 1.54) is 16.7 Å². The van der Waals surface area contributed by atoms with Crippen molar-refractivity contribution in [3.8, 4) is 5.75 Å². The summed E-state index contributed by atoms with van der Waals surface area (Å²) in [5.41, 5.74) is 10.4. The van der Waals surface area contributed by atoms with Gasteiger partial charge < -0.3 is 10.5 Å². The quantitative estimate of drug-likeness (QED) is 0.890. The molecule has 2 aromatic rings. The van der Waals surface area contributed by atoms with Crippen molar-refractivity contribution >= 4 is 0 Å². The fraction of sp³-hybridized carbons (Fsp3) is 0.294. The summed E-state index contributed by atoms with van der Waals surface area (Å²) in [5.74, 6) is 1.30. The van der Waals surface area contributed by atoms with Gasteiger partial charge in [-0.3, -0.25) is 0 Å². The minimum Gasteiger partial charge on any atom is -0.497 e. The molecule has 2 N–H and O–H groups in total. The standard InChI is InChI=1S/C17H19NO/c1-19-14-9-7-13-8-10-15(17(18)16(13)11-14)12-5-3-2-4-6-12/h2-7,9,11,15,17H,8,10,18H2,1H3. The maximum Gasteiger partial charge on any atom is 0.119 e. The minimum atomic E-state index is 0.0567. The molecule has 0 radical (unpaired) electrons. The SMILES string of the molecule is COc1ccc2c(c1)C(N)C(c1ccccc1)CC2. The van der Waals surface area contributed by atoms with Crippen molar-refractivity contribution in [2.24, 2.45) is 5.73 Å². The van der Waals surface area contributed by atoms with Gasteiger partial charge in [0.15, 0.2) is 0 Å². The van der Waals surface area contributed by atoms with Crippen molar-refractivity contribution in [2.45, 2.75) is 24.8 Å². The van der Waals surface area contributed by atoms with E-state index in [-0.39, 0.29) is 6.04 Å². The van der Waals surface area contributed by atoms with Crippen LogP contribution in [0.5, 0.6) is 5.75 Å². The number of aryl methyl sites for hydroxylation is 1. The van der Waals surface area contributed by atoms with Crippen LogP contribution in [0.3, 0.4) is 0 Å². The molecule has 98 valence electrons. The summed E-state index contributed by atoms with van der Waals surface area (Å²) in [7, 11) is 1.70. The highest BCUT2D eigenvalue weighted by molar-refractivity contribution is 5.42. The first-order chi connectivity index (χ1) is 9.29. The van der Waals surface area contributed by atoms with Crippen molar-refractivity contribution in [1.82, 2.24) is 0 Å². The van der Waals surface area contributed by atoms with E-state index in [0.29, 0.717) is 5.92 Å². The monoisotopic (exact) mass is 253 g/mol. The predicted octanol–water partition coefficient (Wildman–Crippen LogP) is 3.43. The van der Waals surface area contributed by atoms with E-state index < -0.39 is 0 Å². The molecule has 2 aromatic carbocycles. The molecule has 0 spiro atoms. The lowest BCUT2D eigenvalue weighted by atomic mass is 9.77. The van der Waals surface area contributed by atoms with Gasteiger partial charge in [0.1, 0.15) is 5.75 Å². The highest BCUT2D eigenvalue weighted by Gasteiger charge is 2.28. The fourth-order valence-electron chi connectivity index (χ4n) is 3.02. The summed E-state index contributed by atoms with van der Waals surface area (Å²) in [4.78, 5) is 0. The lowest BCUT2D eigenvalue weighted by molar-refractivity contribution is 0.410. The van der Waals surface area contributed by atoms with Crippen LogP contribution in [0.1, 0.15) is 35.1 Å². The van der Waals surface area contributed by atoms with Crippen LogP contribution in [0.4, 0.5) is 0 Å². The molecule has 0 aliphatic heterocycles. The van der Waals surface area contributed by atoms with Gasteiger partial charge in [-0.15, -0.1) is 0 Å². The van der Waals surface area contributed by atoms with Gasteiger partial charge in [-0.1, -0.05) is 36.4 Å². The van der Waals surface area contributed by atoms with Gasteiger partial charge in [0.25, 0.3) is 0 Å². The van der Waals surface area contributed by atoms with Crippen LogP contribution in [0.25, 0.3) is 0 Å². The van der Waals surface area contributed by atoms with Crippen molar-refractivity contribution in [1.29, 1.82) is 0 Å². The van der Waals surface area contributed by atoms with Crippen LogP contribution in [0.15, 0.2) is 48.5 Å². The van der Waals surface area contributed by atoms with E-state index in [4.69, 9.17) is 10.5 Å². The molecule has 0 amide bonds. The number of fused-ring (bicyclic) bond motifs is 1. The molecule has 0 saturated heterocycles. The largest absolute Gasteiger partial charge is 0.497 e. The Morgan fingerprint density at radius 3 is 2.63 bits per heavy atom. The van der Waals surface area contributed by atoms with E-state index in [1.54, 1.807) is 7.11 Å². The van der Waals surface area contributed by atoms with Crippen molar-refractivity contribution in [3.05, 3.63) is 65.2 Å². The third-order valence-corrected chi connectivity index (χ3v) is 4.10. The van der Waals surface area contributed by atoms with Crippen molar-refractivity contribution in [3.63, 3.8) is 0 Å². The number of methoxy groups -OCH3 is 1. The lowest BCUT2D eigenvalue weighted by Gasteiger charge is -2.31. The van der Waals surface area contributed by atoms with Crippen LogP contribution in [-0.4, -0.2) is 7.11 Å². The number of rotatable bonds is 2. The molecule has 0 heterocycles. The molecule has 2 nitrogen and oxygen atoms in total. The molecule has 0 bridgehead atoms. The van der Waals surface area contributed by atoms with Crippen LogP contribution < -0.4 is 10.5 Å². The highest BCUT2D eigenvalue weighted by atomic mass is 16.5. The van der Waals surface area contributed by atoms with Gasteiger partial charge in [-0.05, 0) is 41.7 Å². The third-order valence-electron chi connectivity index (χ3n) is 4.10. The summed E-state index contributed by atoms with van der Waals surface area (Å²) < 4.78 is 5.31. The summed E-state index contributed by atoms with van der Waals surface area (Å²) >= 11 is 0. The molecule has 1 aliphatic rings. The molecule has 1 aliphatic carbocycles. The Morgan fingerprint density at radius 2 is 1.89 bits per heavy atom. The summed E-state index contributed by atoms with van der Waals surface area (Å²) in [6.07, 6.45) is 2.21.